The van der Waals surface area contributed by atoms with Crippen LogP contribution in [0.15, 0.2) is 134 Å². The lowest BCUT2D eigenvalue weighted by Crippen LogP contribution is -2.35. The first-order chi connectivity index (χ1) is 44.1. The molecule has 0 unspecified atom stereocenters. The summed E-state index contributed by atoms with van der Waals surface area (Å²) in [6.07, 6.45) is 9.19. The number of halogens is 4. The Kier molecular flexibility index (Phi) is 21.3. The Morgan fingerprint density at radius 3 is 1.36 bits per heavy atom. The van der Waals surface area contributed by atoms with E-state index < -0.39 is 45.9 Å². The number of nitrogens with zero attached hydrogens (tertiary/aromatic N) is 2. The Balaban J connectivity index is 0.570. The second-order valence-corrected chi connectivity index (χ2v) is 24.2. The lowest BCUT2D eigenvalue weighted by atomic mass is 9.94. The molecule has 2 fully saturated rings. The van der Waals surface area contributed by atoms with Crippen molar-refractivity contribution in [2.24, 2.45) is 5.41 Å². The minimum Gasteiger partial charge on any atom is -0.493 e. The number of carbonyl (C=O) groups excluding carboxylic acids is 5. The Bertz CT molecular complexity index is 3960. The van der Waals surface area contributed by atoms with Crippen molar-refractivity contribution in [1.82, 2.24) is 20.6 Å². The molecule has 474 valence electrons. The zero-order valence-corrected chi connectivity index (χ0v) is 51.4. The van der Waals surface area contributed by atoms with E-state index in [0.717, 1.165) is 31.7 Å². The molecule has 8 aromatic rings. The highest BCUT2D eigenvalue weighted by atomic mass is 33.1. The lowest BCUT2D eigenvalue weighted by molar-refractivity contribution is -0.131. The van der Waals surface area contributed by atoms with Gasteiger partial charge in [-0.15, -0.1) is 0 Å². The van der Waals surface area contributed by atoms with Gasteiger partial charge in [-0.2, -0.15) is 0 Å². The van der Waals surface area contributed by atoms with Crippen molar-refractivity contribution in [3.8, 4) is 46.0 Å². The highest BCUT2D eigenvalue weighted by Crippen LogP contribution is 2.51. The van der Waals surface area contributed by atoms with Crippen LogP contribution in [0.5, 0.6) is 46.0 Å². The number of benzene rings is 6. The van der Waals surface area contributed by atoms with Gasteiger partial charge in [0.1, 0.15) is 28.5 Å². The normalized spacial score (nSPS) is 13.3. The van der Waals surface area contributed by atoms with Gasteiger partial charge in [0, 0.05) is 71.5 Å². The minimum atomic E-state index is -1.32. The molecule has 6 aromatic carbocycles. The summed E-state index contributed by atoms with van der Waals surface area (Å²) >= 11 is 0. The van der Waals surface area contributed by atoms with Crippen molar-refractivity contribution >= 4 is 90.0 Å². The Hall–Kier alpha value is -9.29. The molecule has 18 nitrogen and oxygen atoms in total. The van der Waals surface area contributed by atoms with Crippen molar-refractivity contribution in [3.05, 3.63) is 163 Å². The van der Waals surface area contributed by atoms with Gasteiger partial charge in [0.15, 0.2) is 46.1 Å². The molecule has 2 heterocycles. The number of anilines is 3. The number of carbonyl (C=O) groups is 5. The number of rotatable bonds is 32. The summed E-state index contributed by atoms with van der Waals surface area (Å²) in [6.45, 7) is 1.72. The van der Waals surface area contributed by atoms with Crippen LogP contribution in [-0.2, 0) is 29.4 Å². The fraction of sp³-hybridized carbons (Fsp3) is 0.299. The van der Waals surface area contributed by atoms with Crippen molar-refractivity contribution < 1.29 is 70.0 Å². The van der Waals surface area contributed by atoms with Gasteiger partial charge in [0.05, 0.1) is 55.4 Å². The molecule has 2 aliphatic rings. The van der Waals surface area contributed by atoms with Crippen molar-refractivity contribution in [1.29, 1.82) is 0 Å². The number of aromatic nitrogens is 2. The van der Waals surface area contributed by atoms with Gasteiger partial charge in [-0.3, -0.25) is 33.9 Å². The maximum absolute atomic E-state index is 15.6. The van der Waals surface area contributed by atoms with Crippen LogP contribution in [0.4, 0.5) is 34.6 Å². The molecule has 2 aromatic heterocycles. The Labute approximate surface area is 529 Å². The van der Waals surface area contributed by atoms with Crippen LogP contribution in [0.3, 0.4) is 0 Å². The third kappa shape index (κ3) is 16.6. The van der Waals surface area contributed by atoms with E-state index in [1.165, 1.54) is 115 Å². The smallest absolute Gasteiger partial charge is 0.240 e. The van der Waals surface area contributed by atoms with Gasteiger partial charge in [-0.25, -0.2) is 17.6 Å². The molecule has 91 heavy (non-hydrogen) atoms. The summed E-state index contributed by atoms with van der Waals surface area (Å²) in [6, 6.07) is 29.2. The van der Waals surface area contributed by atoms with Gasteiger partial charge in [-0.1, -0.05) is 27.7 Å². The number of ether oxygens (including phenoxy) is 6. The average Bonchev–Trinajstić information content (AvgIpc) is 1.66. The summed E-state index contributed by atoms with van der Waals surface area (Å²) < 4.78 is 93.3. The van der Waals surface area contributed by atoms with E-state index in [-0.39, 0.29) is 46.4 Å². The van der Waals surface area contributed by atoms with Crippen LogP contribution in [0.25, 0.3) is 21.8 Å². The van der Waals surface area contributed by atoms with Gasteiger partial charge in [-0.05, 0) is 167 Å². The standard InChI is InChI=1S/C67H65F4N7O11S2/c1-84-57-35-47-51(72-29-21-53(47)88-55-19-9-41(33-49(55)70)66(23-24-66)63(81)76-44-14-10-42(68)11-15-44)37-59(57)86-31-7-3-5-27-74-61(79)39-90-91-40-62(80)75-28-6-4-8-32-87-60-38-52-48(36-58(60)85-2)54(22-30-73-52)89-56-20-18-46(34-50(56)71)78-65(83)67(25-26-67)64(82)77-45-16-12-43(69)13-17-45/h9-22,29-30,33-38H,3-8,23-28,31-32,39-40H2,1-2H3,(H,74,79)(H,75,80)(H,76,81)(H,77,82)(H,78,83). The minimum absolute atomic E-state index is 0.0325. The first-order valence-electron chi connectivity index (χ1n) is 29.5. The van der Waals surface area contributed by atoms with Crippen LogP contribution in [0.2, 0.25) is 0 Å². The van der Waals surface area contributed by atoms with Gasteiger partial charge in [0.25, 0.3) is 0 Å². The van der Waals surface area contributed by atoms with Crippen LogP contribution in [0, 0.1) is 28.7 Å². The summed E-state index contributed by atoms with van der Waals surface area (Å²) in [4.78, 5) is 73.3. The number of amides is 5. The Morgan fingerprint density at radius 1 is 0.462 bits per heavy atom. The fourth-order valence-corrected chi connectivity index (χ4v) is 11.7. The summed E-state index contributed by atoms with van der Waals surface area (Å²) in [5.74, 6) is -1.27. The van der Waals surface area contributed by atoms with Crippen LogP contribution in [-0.4, -0.2) is 91.5 Å². The average molecular weight is 1280 g/mol. The van der Waals surface area contributed by atoms with Crippen LogP contribution < -0.4 is 55.0 Å². The number of hydrogen-bond donors (Lipinski definition) is 5. The lowest BCUT2D eigenvalue weighted by Gasteiger charge is -2.17. The van der Waals surface area contributed by atoms with Crippen LogP contribution >= 0.6 is 21.6 Å². The molecule has 0 aliphatic heterocycles. The highest BCUT2D eigenvalue weighted by molar-refractivity contribution is 8.77. The quantitative estimate of drug-likeness (QED) is 0.0114. The number of hydrogen-bond acceptors (Lipinski definition) is 15. The Morgan fingerprint density at radius 2 is 0.912 bits per heavy atom. The SMILES string of the molecule is COc1cc2c(Oc3ccc(NC(=O)C4(C(=O)Nc5ccc(F)cc5)CC4)cc3F)ccnc2cc1OCCCCCNC(=O)CSSCC(=O)NCCCCCOc1cc2nccc(Oc3ccc(C4(C(=O)Nc5ccc(F)cc5)CC4)cc3F)c2cc1OC. The van der Waals surface area contributed by atoms with Gasteiger partial charge < -0.3 is 55.0 Å². The number of methoxy groups -OCH3 is 2. The predicted octanol–water partition coefficient (Wildman–Crippen LogP) is 13.4. The summed E-state index contributed by atoms with van der Waals surface area (Å²) in [5.41, 5.74) is 0.293. The molecule has 2 saturated carbocycles. The number of nitrogens with one attached hydrogen (secondary N) is 5. The third-order valence-corrected chi connectivity index (χ3v) is 17.5. The van der Waals surface area contributed by atoms with Gasteiger partial charge in [0.2, 0.25) is 29.5 Å². The molecule has 24 heteroatoms. The maximum atomic E-state index is 15.6. The molecule has 0 atom stereocenters. The van der Waals surface area contributed by atoms with Gasteiger partial charge >= 0.3 is 0 Å². The molecule has 10 rings (SSSR count). The molecule has 0 radical (unpaired) electrons. The zero-order valence-electron chi connectivity index (χ0n) is 49.7. The first kappa shape index (κ1) is 64.7. The third-order valence-electron chi connectivity index (χ3n) is 15.4. The summed E-state index contributed by atoms with van der Waals surface area (Å²) in [7, 11) is 5.63. The molecule has 0 spiro atoms. The van der Waals surface area contributed by atoms with E-state index in [4.69, 9.17) is 28.4 Å². The second kappa shape index (κ2) is 30.0. The summed E-state index contributed by atoms with van der Waals surface area (Å²) in [5, 5.41) is 15.0. The second-order valence-electron chi connectivity index (χ2n) is 21.7. The molecule has 0 saturated heterocycles. The fourth-order valence-electron chi connectivity index (χ4n) is 9.95. The van der Waals surface area contributed by atoms with Crippen molar-refractivity contribution in [2.45, 2.75) is 69.6 Å². The van der Waals surface area contributed by atoms with E-state index in [2.05, 4.69) is 36.6 Å². The van der Waals surface area contributed by atoms with E-state index in [1.54, 1.807) is 48.7 Å². The zero-order chi connectivity index (χ0) is 63.9. The van der Waals surface area contributed by atoms with E-state index in [9.17, 15) is 32.8 Å². The van der Waals surface area contributed by atoms with Crippen molar-refractivity contribution in [2.75, 3.05) is 68.0 Å². The number of fused-ring (bicyclic) bond motifs is 2. The van der Waals surface area contributed by atoms with E-state index >= 15 is 8.78 Å². The predicted molar refractivity (Wildman–Crippen MR) is 340 cm³/mol. The van der Waals surface area contributed by atoms with E-state index in [0.29, 0.717) is 138 Å². The number of pyridine rings is 2. The molecule has 2 aliphatic carbocycles. The molecule has 5 amide bonds. The largest absolute Gasteiger partial charge is 0.493 e. The maximum Gasteiger partial charge on any atom is 0.240 e. The van der Waals surface area contributed by atoms with E-state index in [1.807, 2.05) is 0 Å². The topological polar surface area (TPSA) is 227 Å². The molecule has 0 bridgehead atoms. The molecule has 5 N–H and O–H groups in total. The van der Waals surface area contributed by atoms with Crippen molar-refractivity contribution in [3.63, 3.8) is 0 Å². The highest BCUT2D eigenvalue weighted by Gasteiger charge is 2.56. The molecular weight excluding hydrogens is 1220 g/mol. The number of unbranched alkanes of at least 4 members (excludes halogenated alkanes) is 4. The monoisotopic (exact) mass is 1280 g/mol. The van der Waals surface area contributed by atoms with Crippen LogP contribution in [0.1, 0.15) is 69.8 Å². The first-order valence-corrected chi connectivity index (χ1v) is 32.0. The molecular formula is C67H65F4N7O11S2.